The van der Waals surface area contributed by atoms with E-state index in [0.717, 1.165) is 0 Å². The molecule has 92 heavy (non-hydrogen) atoms. The van der Waals surface area contributed by atoms with Crippen LogP contribution in [0.1, 0.15) is 191 Å². The molecular weight excluding hydrogens is 1260 g/mol. The second-order valence-corrected chi connectivity index (χ2v) is 29.4. The molecule has 0 saturated carbocycles. The number of rotatable bonds is 5. The molecule has 2 radical (unpaired) electrons. The minimum atomic E-state index is 0. The van der Waals surface area contributed by atoms with Gasteiger partial charge in [-0.25, -0.2) is 0 Å². The van der Waals surface area contributed by atoms with Crippen molar-refractivity contribution < 1.29 is 65.4 Å². The fourth-order valence-corrected chi connectivity index (χ4v) is 11.0. The van der Waals surface area contributed by atoms with Crippen LogP contribution in [0.5, 0.6) is 0 Å². The van der Waals surface area contributed by atoms with E-state index in [1.54, 1.807) is 0 Å². The molecule has 0 aliphatic carbocycles. The second-order valence-electron chi connectivity index (χ2n) is 29.4. The van der Waals surface area contributed by atoms with Crippen molar-refractivity contribution in [2.45, 2.75) is 201 Å². The Hall–Kier alpha value is -5.59. The van der Waals surface area contributed by atoms with Crippen molar-refractivity contribution in [3.05, 3.63) is 297 Å². The maximum Gasteiger partial charge on any atom is 0 e. The van der Waals surface area contributed by atoms with Crippen molar-refractivity contribution in [2.24, 2.45) is 0 Å². The average Bonchev–Trinajstić information content (AvgIpc) is 0.881. The summed E-state index contributed by atoms with van der Waals surface area (Å²) < 4.78 is 0. The van der Waals surface area contributed by atoms with Gasteiger partial charge in [-0.05, 0) is 171 Å². The largest absolute Gasteiger partial charge is 0.147 e. The van der Waals surface area contributed by atoms with Crippen molar-refractivity contribution in [3.63, 3.8) is 0 Å². The van der Waals surface area contributed by atoms with Crippen molar-refractivity contribution in [1.82, 2.24) is 0 Å². The van der Waals surface area contributed by atoms with Crippen LogP contribution in [0.2, 0.25) is 0 Å². The zero-order valence-electron chi connectivity index (χ0n) is 59.4. The molecule has 2 heteroatoms. The molecule has 10 aromatic rings. The molecule has 0 N–H and O–H groups in total. The Morgan fingerprint density at radius 1 is 0.228 bits per heavy atom. The van der Waals surface area contributed by atoms with Crippen LogP contribution in [0.25, 0.3) is 55.6 Å². The summed E-state index contributed by atoms with van der Waals surface area (Å²) in [7, 11) is 0. The SMILES string of the molecule is C.C.Cc1cc(C(C)(C)C)cc(C)c1-c1ccccc1.Cc1cc(C(C)(C)C)ccc1-c1[c-]cccc1.Cc1ccc(C(C)(C)C)cc1-c1[c-]cccc1.Cc1cccc(C)c1-c1ccc(C(C)(C)C)cc1.Cc1ccccc1-c1cc(C(C)(C)C)ccc1C.[Y].[Y]. The van der Waals surface area contributed by atoms with Crippen LogP contribution >= 0.6 is 0 Å². The van der Waals surface area contributed by atoms with E-state index in [1.165, 1.54) is 128 Å². The molecule has 0 saturated heterocycles. The van der Waals surface area contributed by atoms with Crippen LogP contribution in [0.15, 0.2) is 212 Å². The van der Waals surface area contributed by atoms with E-state index in [1.807, 2.05) is 24.3 Å². The Balaban J connectivity index is 0.000000388. The molecule has 0 aliphatic rings. The Labute approximate surface area is 613 Å². The topological polar surface area (TPSA) is 0 Å². The van der Waals surface area contributed by atoms with Crippen LogP contribution in [0.3, 0.4) is 0 Å². The molecule has 0 heterocycles. The number of hydrogen-bond donors (Lipinski definition) is 0. The van der Waals surface area contributed by atoms with Crippen molar-refractivity contribution in [3.8, 4) is 55.6 Å². The molecule has 0 amide bonds. The first-order valence-corrected chi connectivity index (χ1v) is 31.8. The van der Waals surface area contributed by atoms with E-state index in [2.05, 4.69) is 359 Å². The van der Waals surface area contributed by atoms with Crippen LogP contribution in [-0.4, -0.2) is 0 Å². The van der Waals surface area contributed by atoms with Gasteiger partial charge in [0.2, 0.25) is 0 Å². The summed E-state index contributed by atoms with van der Waals surface area (Å²) >= 11 is 0. The van der Waals surface area contributed by atoms with Gasteiger partial charge in [0.25, 0.3) is 0 Å². The third-order valence-electron chi connectivity index (χ3n) is 16.7. The first-order valence-electron chi connectivity index (χ1n) is 31.8. The molecule has 10 aromatic carbocycles. The first kappa shape index (κ1) is 82.5. The summed E-state index contributed by atoms with van der Waals surface area (Å²) in [6.07, 6.45) is 0. The number of benzene rings is 10. The summed E-state index contributed by atoms with van der Waals surface area (Å²) in [4.78, 5) is 0. The maximum absolute atomic E-state index is 3.30. The van der Waals surface area contributed by atoms with Gasteiger partial charge in [-0.2, -0.15) is 0 Å². The van der Waals surface area contributed by atoms with Gasteiger partial charge in [0.1, 0.15) is 0 Å². The molecule has 0 spiro atoms. The van der Waals surface area contributed by atoms with Crippen molar-refractivity contribution in [1.29, 1.82) is 0 Å². The van der Waals surface area contributed by atoms with E-state index < -0.39 is 0 Å². The average molecular weight is 1370 g/mol. The molecule has 0 nitrogen and oxygen atoms in total. The predicted molar refractivity (Wildman–Crippen MR) is 402 cm³/mol. The van der Waals surface area contributed by atoms with Crippen molar-refractivity contribution in [2.75, 3.05) is 0 Å². The first-order chi connectivity index (χ1) is 41.1. The minimum absolute atomic E-state index is 0. The number of aryl methyl sites for hydroxylation is 8. The summed E-state index contributed by atoms with van der Waals surface area (Å²) in [6, 6.07) is 82.5. The van der Waals surface area contributed by atoms with Gasteiger partial charge in [-0.15, -0.1) is 71.8 Å². The third kappa shape index (κ3) is 23.4. The summed E-state index contributed by atoms with van der Waals surface area (Å²) in [6.45, 7) is 51.3. The van der Waals surface area contributed by atoms with E-state index in [4.69, 9.17) is 0 Å². The minimum Gasteiger partial charge on any atom is -0.147 e. The molecular formula is C90H112Y2-2. The van der Waals surface area contributed by atoms with Crippen LogP contribution in [-0.2, 0) is 92.5 Å². The van der Waals surface area contributed by atoms with Gasteiger partial charge >= 0.3 is 0 Å². The van der Waals surface area contributed by atoms with Crippen molar-refractivity contribution >= 4 is 0 Å². The van der Waals surface area contributed by atoms with E-state index >= 15 is 0 Å². The molecule has 0 unspecified atom stereocenters. The maximum atomic E-state index is 3.30. The predicted octanol–water partition coefficient (Wildman–Crippen LogP) is 26.6. The molecule has 0 aromatic heterocycles. The Morgan fingerprint density at radius 2 is 0.565 bits per heavy atom. The standard InChI is InChI=1S/3C18H22.2C17H19.2CH4.2Y/c1-13-7-6-8-14(2)17(13)15-9-11-16(12-10-15)18(3,4)5;1-13-8-6-7-9-16(13)17-12-15(18(3,4)5)11-10-14(17)2;1-13-11-16(18(3,4)5)12-14(2)17(13)15-9-7-6-8-10-15;1-13-12-15(17(2,3)4)10-11-16(13)14-8-6-5-7-9-14;1-13-10-11-15(17(2,3)4)12-16(13)14-8-6-5-7-9-14;;;;/h3*6-12H,1-5H3;2*5-8,10-12H,1-4H3;2*1H4;;/q;;;2*-1;;;;. The summed E-state index contributed by atoms with van der Waals surface area (Å²) in [5.74, 6) is 0. The summed E-state index contributed by atoms with van der Waals surface area (Å²) in [5, 5.41) is 0. The van der Waals surface area contributed by atoms with Gasteiger partial charge in [-0.1, -0.05) is 310 Å². The molecule has 0 atom stereocenters. The Bertz CT molecular complexity index is 3800. The van der Waals surface area contributed by atoms with E-state index in [9.17, 15) is 0 Å². The van der Waals surface area contributed by atoms with Crippen LogP contribution in [0, 0.1) is 67.5 Å². The van der Waals surface area contributed by atoms with Gasteiger partial charge < -0.3 is 0 Å². The zero-order valence-corrected chi connectivity index (χ0v) is 65.0. The summed E-state index contributed by atoms with van der Waals surface area (Å²) in [5.41, 5.74) is 31.7. The van der Waals surface area contributed by atoms with Crippen LogP contribution in [0.4, 0.5) is 0 Å². The normalized spacial score (nSPS) is 11.1. The van der Waals surface area contributed by atoms with Gasteiger partial charge in [0.05, 0.1) is 0 Å². The molecule has 480 valence electrons. The Morgan fingerprint density at radius 3 is 1.00 bits per heavy atom. The number of hydrogen-bond acceptors (Lipinski definition) is 0. The zero-order chi connectivity index (χ0) is 64.9. The molecule has 10 rings (SSSR count). The third-order valence-corrected chi connectivity index (χ3v) is 16.7. The van der Waals surface area contributed by atoms with Gasteiger partial charge in [0, 0.05) is 65.4 Å². The quantitative estimate of drug-likeness (QED) is 0.151. The molecule has 0 aliphatic heterocycles. The van der Waals surface area contributed by atoms with Gasteiger partial charge in [-0.3, -0.25) is 0 Å². The fraction of sp³-hybridized carbons (Fsp3) is 0.333. The molecule has 0 bridgehead atoms. The van der Waals surface area contributed by atoms with Gasteiger partial charge in [0.15, 0.2) is 0 Å². The fourth-order valence-electron chi connectivity index (χ4n) is 11.0. The van der Waals surface area contributed by atoms with E-state index in [-0.39, 0.29) is 107 Å². The molecule has 0 fully saturated rings. The van der Waals surface area contributed by atoms with Crippen LogP contribution < -0.4 is 0 Å². The Kier molecular flexibility index (Phi) is 32.1. The van der Waals surface area contributed by atoms with E-state index in [0.29, 0.717) is 0 Å². The smallest absolute Gasteiger partial charge is 0 e. The monoisotopic (exact) mass is 1370 g/mol. The second kappa shape index (κ2) is 35.8.